The lowest BCUT2D eigenvalue weighted by molar-refractivity contribution is -0.120. The molecule has 0 saturated carbocycles. The maximum Gasteiger partial charge on any atom is 0.259 e. The molecule has 0 heterocycles. The van der Waals surface area contributed by atoms with Crippen molar-refractivity contribution < 1.29 is 19.1 Å². The molecule has 8 heteroatoms. The van der Waals surface area contributed by atoms with Crippen molar-refractivity contribution in [3.63, 3.8) is 0 Å². The summed E-state index contributed by atoms with van der Waals surface area (Å²) in [5, 5.41) is 6.47. The number of hydrogen-bond acceptors (Lipinski definition) is 6. The van der Waals surface area contributed by atoms with Crippen molar-refractivity contribution in [2.75, 3.05) is 38.8 Å². The van der Waals surface area contributed by atoms with E-state index in [2.05, 4.69) is 34.6 Å². The third-order valence-electron chi connectivity index (χ3n) is 4.48. The fraction of sp³-hybridized carbons (Fsp3) is 0.318. The van der Waals surface area contributed by atoms with Crippen LogP contribution < -0.4 is 25.1 Å². The van der Waals surface area contributed by atoms with Gasteiger partial charge < -0.3 is 19.7 Å². The molecule has 2 N–H and O–H groups in total. The van der Waals surface area contributed by atoms with E-state index in [1.54, 1.807) is 24.4 Å². The van der Waals surface area contributed by atoms with Crippen LogP contribution in [0.15, 0.2) is 47.6 Å². The highest BCUT2D eigenvalue weighted by molar-refractivity contribution is 5.97. The fourth-order valence-corrected chi connectivity index (χ4v) is 2.82. The van der Waals surface area contributed by atoms with Crippen molar-refractivity contribution in [2.24, 2.45) is 5.10 Å². The Bertz CT molecular complexity index is 877. The average Bonchev–Trinajstić information content (AvgIpc) is 2.78. The van der Waals surface area contributed by atoms with Gasteiger partial charge in [0.25, 0.3) is 11.8 Å². The molecule has 2 aromatic rings. The molecule has 0 spiro atoms. The molecule has 0 aliphatic carbocycles. The molecular formula is C22H28N4O4. The number of benzene rings is 2. The summed E-state index contributed by atoms with van der Waals surface area (Å²) in [4.78, 5) is 26.4. The molecule has 0 atom stereocenters. The first-order valence-corrected chi connectivity index (χ1v) is 9.69. The van der Waals surface area contributed by atoms with E-state index < -0.39 is 11.8 Å². The molecule has 0 saturated heterocycles. The summed E-state index contributed by atoms with van der Waals surface area (Å²) in [5.74, 6) is 0.124. The highest BCUT2D eigenvalue weighted by atomic mass is 16.5. The number of carbonyl (C=O) groups is 2. The second-order valence-corrected chi connectivity index (χ2v) is 6.31. The summed E-state index contributed by atoms with van der Waals surface area (Å²) in [7, 11) is 3.00. The Kier molecular flexibility index (Phi) is 8.68. The van der Waals surface area contributed by atoms with Crippen LogP contribution >= 0.6 is 0 Å². The smallest absolute Gasteiger partial charge is 0.259 e. The molecule has 2 rings (SSSR count). The highest BCUT2D eigenvalue weighted by Crippen LogP contribution is 2.27. The van der Waals surface area contributed by atoms with E-state index >= 15 is 0 Å². The largest absolute Gasteiger partial charge is 0.493 e. The molecule has 0 fully saturated rings. The minimum absolute atomic E-state index is 0.203. The number of rotatable bonds is 10. The fourth-order valence-electron chi connectivity index (χ4n) is 2.82. The van der Waals surface area contributed by atoms with Crippen molar-refractivity contribution in [3.8, 4) is 11.5 Å². The van der Waals surface area contributed by atoms with E-state index in [0.717, 1.165) is 24.3 Å². The monoisotopic (exact) mass is 412 g/mol. The van der Waals surface area contributed by atoms with Crippen LogP contribution in [-0.4, -0.2) is 51.9 Å². The van der Waals surface area contributed by atoms with Crippen molar-refractivity contribution in [1.82, 2.24) is 10.7 Å². The molecule has 0 aliphatic rings. The van der Waals surface area contributed by atoms with Crippen molar-refractivity contribution >= 4 is 23.7 Å². The third-order valence-corrected chi connectivity index (χ3v) is 4.48. The van der Waals surface area contributed by atoms with Crippen LogP contribution in [-0.2, 0) is 4.79 Å². The minimum Gasteiger partial charge on any atom is -0.493 e. The van der Waals surface area contributed by atoms with Crippen molar-refractivity contribution in [3.05, 3.63) is 53.6 Å². The molecule has 0 aliphatic heterocycles. The van der Waals surface area contributed by atoms with Crippen LogP contribution in [0.5, 0.6) is 11.5 Å². The van der Waals surface area contributed by atoms with Crippen LogP contribution in [0.1, 0.15) is 29.8 Å². The summed E-state index contributed by atoms with van der Waals surface area (Å²) in [6, 6.07) is 12.7. The Morgan fingerprint density at radius 3 is 2.27 bits per heavy atom. The van der Waals surface area contributed by atoms with Gasteiger partial charge in [-0.05, 0) is 49.7 Å². The highest BCUT2D eigenvalue weighted by Gasteiger charge is 2.11. The first-order chi connectivity index (χ1) is 14.5. The zero-order valence-corrected chi connectivity index (χ0v) is 17.8. The van der Waals surface area contributed by atoms with E-state index in [1.165, 1.54) is 14.2 Å². The van der Waals surface area contributed by atoms with E-state index in [-0.39, 0.29) is 6.54 Å². The zero-order valence-electron chi connectivity index (χ0n) is 17.8. The normalized spacial score (nSPS) is 10.5. The van der Waals surface area contributed by atoms with Crippen LogP contribution in [0.4, 0.5) is 5.69 Å². The summed E-state index contributed by atoms with van der Waals surface area (Å²) in [6.07, 6.45) is 1.56. The minimum atomic E-state index is -0.431. The van der Waals surface area contributed by atoms with Crippen LogP contribution in [0.3, 0.4) is 0 Å². The first-order valence-electron chi connectivity index (χ1n) is 9.69. The second-order valence-electron chi connectivity index (χ2n) is 6.31. The van der Waals surface area contributed by atoms with Gasteiger partial charge in [-0.2, -0.15) is 5.10 Å². The summed E-state index contributed by atoms with van der Waals surface area (Å²) < 4.78 is 10.3. The average molecular weight is 412 g/mol. The standard InChI is InChI=1S/C22H28N4O4/c1-5-26(6-2)18-10-7-16(8-11-18)14-24-25-21(27)15-23-22(28)17-9-12-19(29-3)20(13-17)30-4/h7-14H,5-6,15H2,1-4H3,(H,23,28)(H,25,27). The molecule has 160 valence electrons. The van der Waals surface area contributed by atoms with Gasteiger partial charge in [0.05, 0.1) is 27.0 Å². The number of nitrogens with one attached hydrogen (secondary N) is 2. The number of amides is 2. The lowest BCUT2D eigenvalue weighted by Crippen LogP contribution is -2.34. The van der Waals surface area contributed by atoms with Crippen LogP contribution in [0, 0.1) is 0 Å². The number of hydrazone groups is 1. The number of ether oxygens (including phenoxy) is 2. The molecule has 2 aromatic carbocycles. The summed E-state index contributed by atoms with van der Waals surface area (Å²) >= 11 is 0. The number of hydrogen-bond donors (Lipinski definition) is 2. The molecule has 0 radical (unpaired) electrons. The molecular weight excluding hydrogens is 384 g/mol. The van der Waals surface area contributed by atoms with E-state index in [4.69, 9.17) is 9.47 Å². The van der Waals surface area contributed by atoms with Gasteiger partial charge in [0.15, 0.2) is 11.5 Å². The van der Waals surface area contributed by atoms with Gasteiger partial charge in [-0.15, -0.1) is 0 Å². The van der Waals surface area contributed by atoms with E-state index in [1.807, 2.05) is 24.3 Å². The summed E-state index contributed by atoms with van der Waals surface area (Å²) in [5.41, 5.74) is 4.76. The second kappa shape index (κ2) is 11.5. The van der Waals surface area contributed by atoms with Crippen molar-refractivity contribution in [1.29, 1.82) is 0 Å². The van der Waals surface area contributed by atoms with Crippen molar-refractivity contribution in [2.45, 2.75) is 13.8 Å². The lowest BCUT2D eigenvalue weighted by atomic mass is 10.2. The Labute approximate surface area is 176 Å². The maximum absolute atomic E-state index is 12.2. The predicted octanol–water partition coefficient (Wildman–Crippen LogP) is 2.43. The van der Waals surface area contributed by atoms with Crippen LogP contribution in [0.2, 0.25) is 0 Å². The molecule has 0 unspecified atom stereocenters. The summed E-state index contributed by atoms with van der Waals surface area (Å²) in [6.45, 7) is 5.89. The van der Waals surface area contributed by atoms with Gasteiger partial charge in [0.2, 0.25) is 0 Å². The van der Waals surface area contributed by atoms with Gasteiger partial charge in [-0.25, -0.2) is 5.43 Å². The van der Waals surface area contributed by atoms with Gasteiger partial charge in [0.1, 0.15) is 0 Å². The Hall–Kier alpha value is -3.55. The molecule has 0 bridgehead atoms. The van der Waals surface area contributed by atoms with Crippen LogP contribution in [0.25, 0.3) is 0 Å². The zero-order chi connectivity index (χ0) is 21.9. The maximum atomic E-state index is 12.2. The topological polar surface area (TPSA) is 92.3 Å². The van der Waals surface area contributed by atoms with E-state index in [0.29, 0.717) is 17.1 Å². The van der Waals surface area contributed by atoms with Gasteiger partial charge >= 0.3 is 0 Å². The third kappa shape index (κ3) is 6.23. The quantitative estimate of drug-likeness (QED) is 0.462. The van der Waals surface area contributed by atoms with Gasteiger partial charge in [0, 0.05) is 24.3 Å². The molecule has 0 aromatic heterocycles. The molecule has 2 amide bonds. The number of carbonyl (C=O) groups excluding carboxylic acids is 2. The number of methoxy groups -OCH3 is 2. The van der Waals surface area contributed by atoms with Gasteiger partial charge in [-0.3, -0.25) is 9.59 Å². The first kappa shape index (κ1) is 22.7. The molecule has 30 heavy (non-hydrogen) atoms. The molecule has 8 nitrogen and oxygen atoms in total. The number of anilines is 1. The number of nitrogens with zero attached hydrogens (tertiary/aromatic N) is 2. The van der Waals surface area contributed by atoms with Gasteiger partial charge in [-0.1, -0.05) is 12.1 Å². The van der Waals surface area contributed by atoms with E-state index in [9.17, 15) is 9.59 Å². The SMILES string of the molecule is CCN(CC)c1ccc(C=NNC(=O)CNC(=O)c2ccc(OC)c(OC)c2)cc1. The Morgan fingerprint density at radius 2 is 1.67 bits per heavy atom. The predicted molar refractivity (Wildman–Crippen MR) is 118 cm³/mol. The lowest BCUT2D eigenvalue weighted by Gasteiger charge is -2.20. The Balaban J connectivity index is 1.84. The Morgan fingerprint density at radius 1 is 1.00 bits per heavy atom.